The van der Waals surface area contributed by atoms with Crippen molar-refractivity contribution < 1.29 is 9.53 Å². The highest BCUT2D eigenvalue weighted by Gasteiger charge is 2.22. The standard InChI is InChI=1S/C15H19Cl2NO2/c1-11(15(19)18-6-4-2-3-5-7-18)20-14-9-12(16)8-13(17)10-14/h8-11H,2-7H2,1H3. The smallest absolute Gasteiger partial charge is 0.263 e. The molecule has 0 bridgehead atoms. The number of carbonyl (C=O) groups excluding carboxylic acids is 1. The minimum atomic E-state index is -0.525. The van der Waals surface area contributed by atoms with Crippen LogP contribution in [0.15, 0.2) is 18.2 Å². The number of hydrogen-bond acceptors (Lipinski definition) is 2. The van der Waals surface area contributed by atoms with E-state index in [4.69, 9.17) is 27.9 Å². The molecule has 1 aromatic carbocycles. The Morgan fingerprint density at radius 1 is 1.10 bits per heavy atom. The normalized spacial score (nSPS) is 17.4. The molecule has 1 saturated heterocycles. The van der Waals surface area contributed by atoms with E-state index >= 15 is 0 Å². The number of ether oxygens (including phenoxy) is 1. The van der Waals surface area contributed by atoms with Crippen molar-refractivity contribution in [3.63, 3.8) is 0 Å². The third-order valence-corrected chi connectivity index (χ3v) is 3.85. The molecule has 0 aliphatic carbocycles. The summed E-state index contributed by atoms with van der Waals surface area (Å²) in [5, 5.41) is 1.00. The maximum absolute atomic E-state index is 12.4. The number of amides is 1. The summed E-state index contributed by atoms with van der Waals surface area (Å²) in [6.45, 7) is 3.41. The Bertz CT molecular complexity index is 451. The molecule has 0 saturated carbocycles. The molecule has 1 aliphatic heterocycles. The Hall–Kier alpha value is -0.930. The maximum atomic E-state index is 12.4. The van der Waals surface area contributed by atoms with Crippen LogP contribution in [0.3, 0.4) is 0 Å². The van der Waals surface area contributed by atoms with Gasteiger partial charge in [-0.15, -0.1) is 0 Å². The van der Waals surface area contributed by atoms with Crippen molar-refractivity contribution in [2.45, 2.75) is 38.7 Å². The van der Waals surface area contributed by atoms with Gasteiger partial charge in [-0.05, 0) is 38.0 Å². The average molecular weight is 316 g/mol. The van der Waals surface area contributed by atoms with Crippen molar-refractivity contribution >= 4 is 29.1 Å². The second kappa shape index (κ2) is 7.19. The first kappa shape index (κ1) is 15.5. The van der Waals surface area contributed by atoms with Gasteiger partial charge in [0.15, 0.2) is 6.10 Å². The number of carbonyl (C=O) groups is 1. The molecule has 1 unspecified atom stereocenters. The Morgan fingerprint density at radius 3 is 2.20 bits per heavy atom. The second-order valence-electron chi connectivity index (χ2n) is 5.10. The summed E-state index contributed by atoms with van der Waals surface area (Å²) in [5.74, 6) is 0.557. The van der Waals surface area contributed by atoms with Gasteiger partial charge in [-0.25, -0.2) is 0 Å². The van der Waals surface area contributed by atoms with E-state index in [1.54, 1.807) is 25.1 Å². The van der Waals surface area contributed by atoms with Crippen LogP contribution in [0.5, 0.6) is 5.75 Å². The van der Waals surface area contributed by atoms with E-state index in [1.165, 1.54) is 12.8 Å². The zero-order valence-electron chi connectivity index (χ0n) is 11.6. The third kappa shape index (κ3) is 4.29. The van der Waals surface area contributed by atoms with E-state index in [0.29, 0.717) is 15.8 Å². The molecule has 20 heavy (non-hydrogen) atoms. The van der Waals surface area contributed by atoms with Crippen LogP contribution in [0, 0.1) is 0 Å². The maximum Gasteiger partial charge on any atom is 0.263 e. The molecule has 1 aliphatic rings. The first-order valence-electron chi connectivity index (χ1n) is 6.98. The third-order valence-electron chi connectivity index (χ3n) is 3.41. The van der Waals surface area contributed by atoms with E-state index in [1.807, 2.05) is 4.90 Å². The van der Waals surface area contributed by atoms with Gasteiger partial charge in [0.2, 0.25) is 0 Å². The largest absolute Gasteiger partial charge is 0.481 e. The van der Waals surface area contributed by atoms with Gasteiger partial charge in [0.1, 0.15) is 5.75 Å². The molecule has 1 aromatic rings. The minimum absolute atomic E-state index is 0.0306. The van der Waals surface area contributed by atoms with E-state index < -0.39 is 6.10 Å². The molecule has 1 amide bonds. The Labute approximate surface area is 129 Å². The summed E-state index contributed by atoms with van der Waals surface area (Å²) in [5.41, 5.74) is 0. The van der Waals surface area contributed by atoms with Crippen LogP contribution in [-0.4, -0.2) is 30.0 Å². The second-order valence-corrected chi connectivity index (χ2v) is 5.98. The number of hydrogen-bond donors (Lipinski definition) is 0. The summed E-state index contributed by atoms with van der Waals surface area (Å²) in [4.78, 5) is 14.3. The number of nitrogens with zero attached hydrogens (tertiary/aromatic N) is 1. The highest BCUT2D eigenvalue weighted by Crippen LogP contribution is 2.25. The first-order valence-corrected chi connectivity index (χ1v) is 7.73. The fourth-order valence-corrected chi connectivity index (χ4v) is 2.91. The molecular weight excluding hydrogens is 297 g/mol. The van der Waals surface area contributed by atoms with Gasteiger partial charge in [0.25, 0.3) is 5.91 Å². The van der Waals surface area contributed by atoms with Crippen LogP contribution >= 0.6 is 23.2 Å². The first-order chi connectivity index (χ1) is 9.56. The van der Waals surface area contributed by atoms with Crippen LogP contribution < -0.4 is 4.74 Å². The topological polar surface area (TPSA) is 29.5 Å². The van der Waals surface area contributed by atoms with Gasteiger partial charge in [-0.3, -0.25) is 4.79 Å². The molecule has 5 heteroatoms. The molecule has 3 nitrogen and oxygen atoms in total. The zero-order valence-corrected chi connectivity index (χ0v) is 13.1. The lowest BCUT2D eigenvalue weighted by molar-refractivity contribution is -0.137. The van der Waals surface area contributed by atoms with Crippen molar-refractivity contribution in [2.75, 3.05) is 13.1 Å². The SMILES string of the molecule is CC(Oc1cc(Cl)cc(Cl)c1)C(=O)N1CCCCCC1. The van der Waals surface area contributed by atoms with Crippen molar-refractivity contribution in [3.05, 3.63) is 28.2 Å². The number of halogens is 2. The summed E-state index contributed by atoms with van der Waals surface area (Å²) in [6.07, 6.45) is 4.01. The van der Waals surface area contributed by atoms with Crippen molar-refractivity contribution in [3.8, 4) is 5.75 Å². The molecular formula is C15H19Cl2NO2. The minimum Gasteiger partial charge on any atom is -0.481 e. The molecule has 0 radical (unpaired) electrons. The number of benzene rings is 1. The van der Waals surface area contributed by atoms with Gasteiger partial charge in [-0.1, -0.05) is 36.0 Å². The summed E-state index contributed by atoms with van der Waals surface area (Å²) in [6, 6.07) is 4.97. The van der Waals surface area contributed by atoms with Gasteiger partial charge in [0.05, 0.1) is 0 Å². The van der Waals surface area contributed by atoms with E-state index in [9.17, 15) is 4.79 Å². The van der Waals surface area contributed by atoms with Crippen molar-refractivity contribution in [2.24, 2.45) is 0 Å². The molecule has 2 rings (SSSR count). The van der Waals surface area contributed by atoms with Crippen LogP contribution in [-0.2, 0) is 4.79 Å². The predicted molar refractivity (Wildman–Crippen MR) is 81.6 cm³/mol. The zero-order chi connectivity index (χ0) is 14.5. The van der Waals surface area contributed by atoms with Gasteiger partial charge >= 0.3 is 0 Å². The van der Waals surface area contributed by atoms with Crippen molar-refractivity contribution in [1.82, 2.24) is 4.90 Å². The van der Waals surface area contributed by atoms with Gasteiger partial charge in [-0.2, -0.15) is 0 Å². The summed E-state index contributed by atoms with van der Waals surface area (Å²) < 4.78 is 5.67. The highest BCUT2D eigenvalue weighted by atomic mass is 35.5. The Balaban J connectivity index is 1.99. The van der Waals surface area contributed by atoms with Crippen LogP contribution in [0.25, 0.3) is 0 Å². The van der Waals surface area contributed by atoms with Gasteiger partial charge < -0.3 is 9.64 Å². The van der Waals surface area contributed by atoms with Crippen LogP contribution in [0.1, 0.15) is 32.6 Å². The molecule has 110 valence electrons. The molecule has 1 fully saturated rings. The predicted octanol–water partition coefficient (Wildman–Crippen LogP) is 4.16. The van der Waals surface area contributed by atoms with Crippen LogP contribution in [0.4, 0.5) is 0 Å². The lowest BCUT2D eigenvalue weighted by Crippen LogP contribution is -2.40. The molecule has 0 N–H and O–H groups in total. The lowest BCUT2D eigenvalue weighted by atomic mass is 10.2. The molecule has 0 aromatic heterocycles. The summed E-state index contributed by atoms with van der Waals surface area (Å²) >= 11 is 11.8. The number of rotatable bonds is 3. The molecule has 1 atom stereocenters. The monoisotopic (exact) mass is 315 g/mol. The fraction of sp³-hybridized carbons (Fsp3) is 0.533. The molecule has 1 heterocycles. The van der Waals surface area contributed by atoms with E-state index in [-0.39, 0.29) is 5.91 Å². The van der Waals surface area contributed by atoms with E-state index in [0.717, 1.165) is 25.9 Å². The number of likely N-dealkylation sites (tertiary alicyclic amines) is 1. The van der Waals surface area contributed by atoms with Crippen LogP contribution in [0.2, 0.25) is 10.0 Å². The lowest BCUT2D eigenvalue weighted by Gasteiger charge is -2.24. The fourth-order valence-electron chi connectivity index (χ4n) is 2.40. The quantitative estimate of drug-likeness (QED) is 0.838. The Kier molecular flexibility index (Phi) is 5.55. The summed E-state index contributed by atoms with van der Waals surface area (Å²) in [7, 11) is 0. The van der Waals surface area contributed by atoms with Crippen molar-refractivity contribution in [1.29, 1.82) is 0 Å². The average Bonchev–Trinajstić information content (AvgIpc) is 2.65. The molecule has 0 spiro atoms. The highest BCUT2D eigenvalue weighted by molar-refractivity contribution is 6.34. The van der Waals surface area contributed by atoms with E-state index in [2.05, 4.69) is 0 Å². The van der Waals surface area contributed by atoms with Gasteiger partial charge in [0, 0.05) is 23.1 Å². The Morgan fingerprint density at radius 2 is 1.65 bits per heavy atom.